The monoisotopic (exact) mass is 320 g/mol. The zero-order chi connectivity index (χ0) is 16.0. The summed E-state index contributed by atoms with van der Waals surface area (Å²) in [5.41, 5.74) is 1.23. The number of aliphatic carboxylic acids is 1. The molecule has 0 aliphatic heterocycles. The van der Waals surface area contributed by atoms with Crippen molar-refractivity contribution in [2.24, 2.45) is 0 Å². The minimum atomic E-state index is -4.01. The van der Waals surface area contributed by atoms with Crippen molar-refractivity contribution in [3.05, 3.63) is 71.8 Å². The highest BCUT2D eigenvalue weighted by molar-refractivity contribution is 7.52. The highest BCUT2D eigenvalue weighted by atomic mass is 31.2. The summed E-state index contributed by atoms with van der Waals surface area (Å²) in [5.74, 6) is -1.29. The van der Waals surface area contributed by atoms with Crippen molar-refractivity contribution in [3.8, 4) is 0 Å². The lowest BCUT2D eigenvalue weighted by atomic mass is 10.1. The molecule has 0 amide bonds. The number of carbonyl (C=O) groups is 1. The molecule has 0 radical (unpaired) electrons. The Hall–Kier alpha value is -1.94. The zero-order valence-electron chi connectivity index (χ0n) is 11.8. The van der Waals surface area contributed by atoms with Gasteiger partial charge in [0.15, 0.2) is 6.10 Å². The summed E-state index contributed by atoms with van der Waals surface area (Å²) in [4.78, 5) is 21.2. The van der Waals surface area contributed by atoms with Gasteiger partial charge in [0.2, 0.25) is 0 Å². The lowest BCUT2D eigenvalue weighted by Crippen LogP contribution is -2.15. The van der Waals surface area contributed by atoms with Crippen LogP contribution in [0.3, 0.4) is 0 Å². The van der Waals surface area contributed by atoms with Gasteiger partial charge >= 0.3 is 13.6 Å². The Balaban J connectivity index is 2.05. The molecule has 0 spiro atoms. The van der Waals surface area contributed by atoms with E-state index >= 15 is 0 Å². The minimum Gasteiger partial charge on any atom is -0.479 e. The van der Waals surface area contributed by atoms with E-state index in [2.05, 4.69) is 0 Å². The second kappa shape index (κ2) is 7.36. The molecular weight excluding hydrogens is 303 g/mol. The molecule has 2 atom stereocenters. The van der Waals surface area contributed by atoms with Gasteiger partial charge in [0.05, 0.1) is 6.16 Å². The van der Waals surface area contributed by atoms with Crippen LogP contribution in [-0.4, -0.2) is 22.1 Å². The van der Waals surface area contributed by atoms with Gasteiger partial charge in [0.25, 0.3) is 0 Å². The molecule has 2 N–H and O–H groups in total. The molecule has 0 aliphatic carbocycles. The molecular formula is C16H17O5P. The fourth-order valence-corrected chi connectivity index (χ4v) is 3.20. The predicted molar refractivity (Wildman–Crippen MR) is 82.7 cm³/mol. The maximum atomic E-state index is 12.1. The SMILES string of the molecule is O=C(O)C(OP(=O)(O)CCc1ccccc1)c1ccccc1. The van der Waals surface area contributed by atoms with Crippen LogP contribution in [-0.2, 0) is 20.3 Å². The van der Waals surface area contributed by atoms with E-state index in [4.69, 9.17) is 4.52 Å². The fraction of sp³-hybridized carbons (Fsp3) is 0.188. The van der Waals surface area contributed by atoms with Crippen LogP contribution in [0.4, 0.5) is 0 Å². The Kier molecular flexibility index (Phi) is 5.50. The van der Waals surface area contributed by atoms with Gasteiger partial charge in [-0.2, -0.15) is 0 Å². The Morgan fingerprint density at radius 3 is 2.14 bits per heavy atom. The lowest BCUT2D eigenvalue weighted by molar-refractivity contribution is -0.145. The quantitative estimate of drug-likeness (QED) is 0.765. The average Bonchev–Trinajstić information content (AvgIpc) is 2.52. The summed E-state index contributed by atoms with van der Waals surface area (Å²) >= 11 is 0. The van der Waals surface area contributed by atoms with E-state index in [1.54, 1.807) is 30.3 Å². The van der Waals surface area contributed by atoms with E-state index in [9.17, 15) is 19.4 Å². The third kappa shape index (κ3) is 4.81. The summed E-state index contributed by atoms with van der Waals surface area (Å²) in [7, 11) is -4.01. The third-order valence-corrected chi connectivity index (χ3v) is 4.45. The Bertz CT molecular complexity index is 657. The summed E-state index contributed by atoms with van der Waals surface area (Å²) in [6, 6.07) is 17.3. The number of benzene rings is 2. The van der Waals surface area contributed by atoms with Crippen LogP contribution in [0.1, 0.15) is 17.2 Å². The average molecular weight is 320 g/mol. The minimum absolute atomic E-state index is 0.131. The first-order chi connectivity index (χ1) is 10.5. The second-order valence-electron chi connectivity index (χ2n) is 4.83. The van der Waals surface area contributed by atoms with E-state index in [1.807, 2.05) is 30.3 Å². The molecule has 2 aromatic rings. The first-order valence-electron chi connectivity index (χ1n) is 6.80. The van der Waals surface area contributed by atoms with Crippen molar-refractivity contribution in [3.63, 3.8) is 0 Å². The van der Waals surface area contributed by atoms with Crippen molar-refractivity contribution < 1.29 is 23.9 Å². The molecule has 2 rings (SSSR count). The first kappa shape index (κ1) is 16.4. The summed E-state index contributed by atoms with van der Waals surface area (Å²) in [6.45, 7) is 0. The Morgan fingerprint density at radius 1 is 1.05 bits per heavy atom. The summed E-state index contributed by atoms with van der Waals surface area (Å²) in [6.07, 6.45) is -1.24. The van der Waals surface area contributed by atoms with E-state index < -0.39 is 19.7 Å². The van der Waals surface area contributed by atoms with Crippen LogP contribution in [0.2, 0.25) is 0 Å². The van der Waals surface area contributed by atoms with Crippen LogP contribution >= 0.6 is 7.60 Å². The van der Waals surface area contributed by atoms with Crippen molar-refractivity contribution in [2.45, 2.75) is 12.5 Å². The number of carboxylic acids is 1. The molecule has 0 heterocycles. The van der Waals surface area contributed by atoms with E-state index in [0.29, 0.717) is 12.0 Å². The Labute approximate surface area is 128 Å². The van der Waals surface area contributed by atoms with E-state index in [1.165, 1.54) is 0 Å². The van der Waals surface area contributed by atoms with Gasteiger partial charge in [-0.1, -0.05) is 60.7 Å². The molecule has 0 fully saturated rings. The lowest BCUT2D eigenvalue weighted by Gasteiger charge is -2.18. The van der Waals surface area contributed by atoms with Crippen LogP contribution in [0, 0.1) is 0 Å². The fourth-order valence-electron chi connectivity index (χ4n) is 2.01. The zero-order valence-corrected chi connectivity index (χ0v) is 12.7. The van der Waals surface area contributed by atoms with Crippen LogP contribution in [0.25, 0.3) is 0 Å². The van der Waals surface area contributed by atoms with Crippen molar-refractivity contribution >= 4 is 13.6 Å². The van der Waals surface area contributed by atoms with E-state index in [-0.39, 0.29) is 6.16 Å². The molecule has 5 nitrogen and oxygen atoms in total. The largest absolute Gasteiger partial charge is 0.479 e. The standard InChI is InChI=1S/C16H17O5P/c17-16(18)15(14-9-5-2-6-10-14)21-22(19,20)12-11-13-7-3-1-4-8-13/h1-10,15H,11-12H2,(H,17,18)(H,19,20). The van der Waals surface area contributed by atoms with Gasteiger partial charge in [0.1, 0.15) is 0 Å². The molecule has 2 unspecified atom stereocenters. The molecule has 0 aromatic heterocycles. The topological polar surface area (TPSA) is 83.8 Å². The molecule has 0 saturated carbocycles. The van der Waals surface area contributed by atoms with Crippen molar-refractivity contribution in [2.75, 3.05) is 6.16 Å². The second-order valence-corrected chi connectivity index (χ2v) is 6.76. The van der Waals surface area contributed by atoms with Crippen LogP contribution < -0.4 is 0 Å². The normalized spacial score (nSPS) is 15.0. The number of hydrogen-bond donors (Lipinski definition) is 2. The Morgan fingerprint density at radius 2 is 1.59 bits per heavy atom. The maximum Gasteiger partial charge on any atom is 0.338 e. The van der Waals surface area contributed by atoms with Gasteiger partial charge in [-0.3, -0.25) is 9.09 Å². The van der Waals surface area contributed by atoms with E-state index in [0.717, 1.165) is 5.56 Å². The van der Waals surface area contributed by atoms with Gasteiger partial charge in [-0.25, -0.2) is 4.79 Å². The van der Waals surface area contributed by atoms with Crippen molar-refractivity contribution in [1.29, 1.82) is 0 Å². The highest BCUT2D eigenvalue weighted by Crippen LogP contribution is 2.47. The van der Waals surface area contributed by atoms with Gasteiger partial charge in [-0.05, 0) is 17.5 Å². The highest BCUT2D eigenvalue weighted by Gasteiger charge is 2.30. The van der Waals surface area contributed by atoms with Crippen LogP contribution in [0.15, 0.2) is 60.7 Å². The number of aryl methyl sites for hydroxylation is 1. The molecule has 22 heavy (non-hydrogen) atoms. The first-order valence-corrected chi connectivity index (χ1v) is 8.56. The van der Waals surface area contributed by atoms with Crippen LogP contribution in [0.5, 0.6) is 0 Å². The predicted octanol–water partition coefficient (Wildman–Crippen LogP) is 3.26. The summed E-state index contributed by atoms with van der Waals surface area (Å²) < 4.78 is 17.2. The number of rotatable bonds is 7. The smallest absolute Gasteiger partial charge is 0.338 e. The van der Waals surface area contributed by atoms with Crippen molar-refractivity contribution in [1.82, 2.24) is 0 Å². The third-order valence-electron chi connectivity index (χ3n) is 3.12. The molecule has 0 saturated heterocycles. The molecule has 0 bridgehead atoms. The molecule has 116 valence electrons. The number of hydrogen-bond acceptors (Lipinski definition) is 3. The van der Waals surface area contributed by atoms with Gasteiger partial charge in [0, 0.05) is 0 Å². The molecule has 2 aromatic carbocycles. The van der Waals surface area contributed by atoms with Gasteiger partial charge in [-0.15, -0.1) is 0 Å². The van der Waals surface area contributed by atoms with Gasteiger partial charge < -0.3 is 10.00 Å². The summed E-state index contributed by atoms with van der Waals surface area (Å²) in [5, 5.41) is 9.22. The maximum absolute atomic E-state index is 12.1. The number of carboxylic acid groups (broad SMARTS) is 1. The molecule has 6 heteroatoms. The molecule has 0 aliphatic rings.